The van der Waals surface area contributed by atoms with Crippen LogP contribution in [0.5, 0.6) is 0 Å². The van der Waals surface area contributed by atoms with Gasteiger partial charge in [-0.25, -0.2) is 23.4 Å². The first-order valence-corrected chi connectivity index (χ1v) is 11.2. The number of anilines is 2. The summed E-state index contributed by atoms with van der Waals surface area (Å²) in [4.78, 5) is 16.7. The van der Waals surface area contributed by atoms with Gasteiger partial charge in [0.15, 0.2) is 5.65 Å². The summed E-state index contributed by atoms with van der Waals surface area (Å²) in [6.07, 6.45) is -1.32. The van der Waals surface area contributed by atoms with Gasteiger partial charge in [-0.15, -0.1) is 0 Å². The molecule has 0 aliphatic carbocycles. The molecule has 5 rings (SSSR count). The van der Waals surface area contributed by atoms with E-state index in [1.807, 2.05) is 0 Å². The number of nitrogens with zero attached hydrogens (tertiary/aromatic N) is 7. The Morgan fingerprint density at radius 2 is 1.71 bits per heavy atom. The number of pyridine rings is 1. The summed E-state index contributed by atoms with van der Waals surface area (Å²) in [5.41, 5.74) is 0.898. The van der Waals surface area contributed by atoms with Gasteiger partial charge in [0, 0.05) is 32.4 Å². The van der Waals surface area contributed by atoms with Crippen molar-refractivity contribution in [2.75, 3.05) is 36.0 Å². The Labute approximate surface area is 192 Å². The highest BCUT2D eigenvalue weighted by Crippen LogP contribution is 2.42. The molecule has 0 radical (unpaired) electrons. The van der Waals surface area contributed by atoms with E-state index in [1.165, 1.54) is 16.9 Å². The first-order valence-electron chi connectivity index (χ1n) is 11.2. The molecule has 5 heterocycles. The molecule has 2 aliphatic heterocycles. The summed E-state index contributed by atoms with van der Waals surface area (Å²) in [6, 6.07) is 2.51. The molecule has 0 bridgehead atoms. The first kappa shape index (κ1) is 22.7. The van der Waals surface area contributed by atoms with Crippen LogP contribution in [-0.2, 0) is 12.7 Å². The zero-order valence-electron chi connectivity index (χ0n) is 18.6. The fourth-order valence-corrected chi connectivity index (χ4v) is 4.99. The highest BCUT2D eigenvalue weighted by Gasteiger charge is 2.41. The molecule has 0 unspecified atom stereocenters. The average molecular weight is 481 g/mol. The number of aryl methyl sites for hydroxylation is 1. The first-order chi connectivity index (χ1) is 16.1. The summed E-state index contributed by atoms with van der Waals surface area (Å²) in [6.45, 7) is 4.18. The lowest BCUT2D eigenvalue weighted by Gasteiger charge is -2.39. The Hall–Kier alpha value is -3.05. The second-order valence-electron chi connectivity index (χ2n) is 9.12. The van der Waals surface area contributed by atoms with Crippen LogP contribution in [0, 0.1) is 12.3 Å². The van der Waals surface area contributed by atoms with E-state index in [0.717, 1.165) is 38.4 Å². The fraction of sp³-hybridized carbons (Fsp3) is 0.545. The maximum atomic E-state index is 12.9. The van der Waals surface area contributed by atoms with Gasteiger partial charge in [0.2, 0.25) is 5.95 Å². The third-order valence-electron chi connectivity index (χ3n) is 6.92. The monoisotopic (exact) mass is 481 g/mol. The lowest BCUT2D eigenvalue weighted by molar-refractivity contribution is -0.141. The molecular formula is C22H24F5N7. The predicted molar refractivity (Wildman–Crippen MR) is 116 cm³/mol. The van der Waals surface area contributed by atoms with Crippen LogP contribution in [-0.4, -0.2) is 57.3 Å². The van der Waals surface area contributed by atoms with Crippen LogP contribution in [0.4, 0.5) is 33.6 Å². The van der Waals surface area contributed by atoms with E-state index in [1.54, 1.807) is 13.1 Å². The zero-order chi connectivity index (χ0) is 24.1. The molecule has 0 N–H and O–H groups in total. The molecule has 182 valence electrons. The van der Waals surface area contributed by atoms with E-state index in [9.17, 15) is 22.0 Å². The summed E-state index contributed by atoms with van der Waals surface area (Å²) < 4.78 is 65.5. The SMILES string of the molecule is Cc1nn(CC(F)F)c2nc(N3CCC4(CCN(c5ccc(C(F)(F)F)nc5)C4)CC3)ncc12. The minimum absolute atomic E-state index is 0.0668. The maximum absolute atomic E-state index is 12.9. The van der Waals surface area contributed by atoms with Crippen LogP contribution in [0.1, 0.15) is 30.7 Å². The molecule has 2 saturated heterocycles. The summed E-state index contributed by atoms with van der Waals surface area (Å²) in [5.74, 6) is 0.500. The van der Waals surface area contributed by atoms with Crippen molar-refractivity contribution in [1.82, 2.24) is 24.7 Å². The molecule has 7 nitrogen and oxygen atoms in total. The number of hydrogen-bond acceptors (Lipinski definition) is 6. The van der Waals surface area contributed by atoms with Gasteiger partial charge in [0.25, 0.3) is 6.43 Å². The van der Waals surface area contributed by atoms with Crippen LogP contribution in [0.25, 0.3) is 11.0 Å². The third kappa shape index (κ3) is 4.25. The number of alkyl halides is 5. The summed E-state index contributed by atoms with van der Waals surface area (Å²) >= 11 is 0. The number of fused-ring (bicyclic) bond motifs is 1. The summed E-state index contributed by atoms with van der Waals surface area (Å²) in [5, 5.41) is 4.83. The Morgan fingerprint density at radius 3 is 2.32 bits per heavy atom. The topological polar surface area (TPSA) is 63.0 Å². The van der Waals surface area contributed by atoms with Crippen LogP contribution in [0.2, 0.25) is 0 Å². The minimum Gasteiger partial charge on any atom is -0.370 e. The van der Waals surface area contributed by atoms with E-state index in [-0.39, 0.29) is 5.41 Å². The third-order valence-corrected chi connectivity index (χ3v) is 6.92. The highest BCUT2D eigenvalue weighted by molar-refractivity contribution is 5.78. The van der Waals surface area contributed by atoms with Crippen molar-refractivity contribution in [2.24, 2.45) is 5.41 Å². The second kappa shape index (κ2) is 8.31. The number of rotatable bonds is 4. The standard InChI is InChI=1S/C22H24F5N7/c1-14-16-11-29-20(30-19(16)34(31-14)12-18(23)24)32-7-4-21(5-8-32)6-9-33(13-21)15-2-3-17(28-10-15)22(25,26)27/h2-3,10-11,18H,4-9,12-13H2,1H3. The molecule has 0 saturated carbocycles. The number of aromatic nitrogens is 5. The van der Waals surface area contributed by atoms with Gasteiger partial charge in [0.1, 0.15) is 12.2 Å². The Balaban J connectivity index is 1.26. The van der Waals surface area contributed by atoms with E-state index in [2.05, 4.69) is 29.9 Å². The molecule has 3 aromatic rings. The molecule has 3 aromatic heterocycles. The number of piperidine rings is 1. The quantitative estimate of drug-likeness (QED) is 0.518. The van der Waals surface area contributed by atoms with Gasteiger partial charge in [-0.05, 0) is 43.7 Å². The second-order valence-corrected chi connectivity index (χ2v) is 9.12. The van der Waals surface area contributed by atoms with Crippen molar-refractivity contribution in [2.45, 2.75) is 45.3 Å². The van der Waals surface area contributed by atoms with Gasteiger partial charge in [-0.1, -0.05) is 0 Å². The Kier molecular flexibility index (Phi) is 5.56. The van der Waals surface area contributed by atoms with Crippen molar-refractivity contribution >= 4 is 22.7 Å². The Bertz CT molecular complexity index is 1170. The van der Waals surface area contributed by atoms with Crippen LogP contribution >= 0.6 is 0 Å². The van der Waals surface area contributed by atoms with Crippen molar-refractivity contribution in [3.63, 3.8) is 0 Å². The maximum Gasteiger partial charge on any atom is 0.433 e. The van der Waals surface area contributed by atoms with E-state index in [0.29, 0.717) is 41.5 Å². The van der Waals surface area contributed by atoms with Crippen LogP contribution < -0.4 is 9.80 Å². The van der Waals surface area contributed by atoms with Gasteiger partial charge in [-0.2, -0.15) is 23.3 Å². The Morgan fingerprint density at radius 1 is 1.00 bits per heavy atom. The van der Waals surface area contributed by atoms with Gasteiger partial charge in [0.05, 0.1) is 23.0 Å². The normalized spacial score (nSPS) is 18.6. The molecule has 1 spiro atoms. The zero-order valence-corrected chi connectivity index (χ0v) is 18.6. The minimum atomic E-state index is -4.45. The number of hydrogen-bond donors (Lipinski definition) is 0. The summed E-state index contributed by atoms with van der Waals surface area (Å²) in [7, 11) is 0. The van der Waals surface area contributed by atoms with E-state index in [4.69, 9.17) is 0 Å². The molecule has 0 amide bonds. The molecule has 0 atom stereocenters. The van der Waals surface area contributed by atoms with E-state index < -0.39 is 24.8 Å². The molecule has 2 fully saturated rings. The lowest BCUT2D eigenvalue weighted by Crippen LogP contribution is -2.42. The molecule has 12 heteroatoms. The van der Waals surface area contributed by atoms with Crippen molar-refractivity contribution in [3.05, 3.63) is 35.9 Å². The predicted octanol–water partition coefficient (Wildman–Crippen LogP) is 4.31. The number of halogens is 5. The lowest BCUT2D eigenvalue weighted by atomic mass is 9.78. The molecule has 2 aliphatic rings. The van der Waals surface area contributed by atoms with Gasteiger partial charge < -0.3 is 9.80 Å². The smallest absolute Gasteiger partial charge is 0.370 e. The van der Waals surface area contributed by atoms with Gasteiger partial charge >= 0.3 is 6.18 Å². The van der Waals surface area contributed by atoms with Crippen LogP contribution in [0.15, 0.2) is 24.5 Å². The highest BCUT2D eigenvalue weighted by atomic mass is 19.4. The van der Waals surface area contributed by atoms with E-state index >= 15 is 0 Å². The molecular weight excluding hydrogens is 457 g/mol. The van der Waals surface area contributed by atoms with Crippen molar-refractivity contribution in [3.8, 4) is 0 Å². The largest absolute Gasteiger partial charge is 0.433 e. The molecule has 34 heavy (non-hydrogen) atoms. The average Bonchev–Trinajstić information content (AvgIpc) is 3.34. The van der Waals surface area contributed by atoms with Crippen LogP contribution in [0.3, 0.4) is 0 Å². The van der Waals surface area contributed by atoms with Gasteiger partial charge in [-0.3, -0.25) is 0 Å². The fourth-order valence-electron chi connectivity index (χ4n) is 4.99. The molecule has 0 aromatic carbocycles. The van der Waals surface area contributed by atoms with Crippen molar-refractivity contribution < 1.29 is 22.0 Å². The van der Waals surface area contributed by atoms with Crippen molar-refractivity contribution in [1.29, 1.82) is 0 Å².